The van der Waals surface area contributed by atoms with Gasteiger partial charge in [0.15, 0.2) is 9.84 Å². The van der Waals surface area contributed by atoms with E-state index in [1.54, 1.807) is 49.6 Å². The second kappa shape index (κ2) is 5.98. The van der Waals surface area contributed by atoms with Crippen molar-refractivity contribution in [2.24, 2.45) is 0 Å². The van der Waals surface area contributed by atoms with E-state index in [1.807, 2.05) is 0 Å². The van der Waals surface area contributed by atoms with Gasteiger partial charge in [0.25, 0.3) is 5.91 Å². The van der Waals surface area contributed by atoms with E-state index in [4.69, 9.17) is 0 Å². The van der Waals surface area contributed by atoms with Crippen LogP contribution in [0.4, 0.5) is 4.39 Å². The molecule has 1 N–H and O–H groups in total. The number of para-hydroxylation sites is 1. The summed E-state index contributed by atoms with van der Waals surface area (Å²) in [7, 11) is -3.11. The molecule has 2 aromatic rings. The van der Waals surface area contributed by atoms with E-state index < -0.39 is 15.4 Å². The fourth-order valence-corrected chi connectivity index (χ4v) is 5.54. The number of aromatic nitrogens is 1. The first kappa shape index (κ1) is 17.7. The molecule has 0 saturated carbocycles. The minimum absolute atomic E-state index is 0.0577. The number of amides is 1. The zero-order valence-electron chi connectivity index (χ0n) is 14.5. The molecule has 1 amide bonds. The zero-order valence-corrected chi connectivity index (χ0v) is 15.3. The summed E-state index contributed by atoms with van der Waals surface area (Å²) in [6, 6.07) is 8.08. The van der Waals surface area contributed by atoms with Gasteiger partial charge in [0, 0.05) is 11.4 Å². The van der Waals surface area contributed by atoms with Gasteiger partial charge in [-0.1, -0.05) is 12.1 Å². The Morgan fingerprint density at radius 3 is 2.56 bits per heavy atom. The maximum atomic E-state index is 14.1. The SMILES string of the molecule is Cc1cc(C(=O)NC2(C)CCS(=O)(=O)C2)c(C)n1-c1ccccc1F. The summed E-state index contributed by atoms with van der Waals surface area (Å²) < 4.78 is 39.3. The van der Waals surface area contributed by atoms with Crippen molar-refractivity contribution in [1.29, 1.82) is 0 Å². The zero-order chi connectivity index (χ0) is 18.4. The Hall–Kier alpha value is -2.15. The van der Waals surface area contributed by atoms with Crippen molar-refractivity contribution in [2.45, 2.75) is 32.7 Å². The monoisotopic (exact) mass is 364 g/mol. The predicted octanol–water partition coefficient (Wildman–Crippen LogP) is 2.54. The van der Waals surface area contributed by atoms with Crippen LogP contribution in [0.2, 0.25) is 0 Å². The molecule has 1 aromatic heterocycles. The maximum Gasteiger partial charge on any atom is 0.253 e. The quantitative estimate of drug-likeness (QED) is 0.910. The third-order valence-corrected chi connectivity index (χ3v) is 6.59. The highest BCUT2D eigenvalue weighted by molar-refractivity contribution is 7.91. The number of aryl methyl sites for hydroxylation is 1. The van der Waals surface area contributed by atoms with E-state index in [0.717, 1.165) is 5.69 Å². The van der Waals surface area contributed by atoms with E-state index in [2.05, 4.69) is 5.32 Å². The smallest absolute Gasteiger partial charge is 0.253 e. The molecule has 1 atom stereocenters. The maximum absolute atomic E-state index is 14.1. The van der Waals surface area contributed by atoms with Crippen LogP contribution in [0.25, 0.3) is 5.69 Å². The normalized spacial score (nSPS) is 22.1. The van der Waals surface area contributed by atoms with Crippen molar-refractivity contribution >= 4 is 15.7 Å². The molecule has 1 aromatic carbocycles. The van der Waals surface area contributed by atoms with Crippen molar-refractivity contribution < 1.29 is 17.6 Å². The van der Waals surface area contributed by atoms with Crippen LogP contribution >= 0.6 is 0 Å². The van der Waals surface area contributed by atoms with Gasteiger partial charge in [-0.2, -0.15) is 0 Å². The molecule has 1 fully saturated rings. The number of rotatable bonds is 3. The fourth-order valence-electron chi connectivity index (χ4n) is 3.45. The van der Waals surface area contributed by atoms with Gasteiger partial charge < -0.3 is 9.88 Å². The summed E-state index contributed by atoms with van der Waals surface area (Å²) in [4.78, 5) is 12.7. The summed E-state index contributed by atoms with van der Waals surface area (Å²) in [6.07, 6.45) is 0.396. The van der Waals surface area contributed by atoms with Crippen molar-refractivity contribution in [2.75, 3.05) is 11.5 Å². The molecule has 1 unspecified atom stereocenters. The number of sulfone groups is 1. The molecular formula is C18H21FN2O3S. The molecule has 0 spiro atoms. The highest BCUT2D eigenvalue weighted by Gasteiger charge is 2.40. The lowest BCUT2D eigenvalue weighted by atomic mass is 10.0. The highest BCUT2D eigenvalue weighted by Crippen LogP contribution is 2.26. The Morgan fingerprint density at radius 2 is 1.96 bits per heavy atom. The molecule has 1 aliphatic heterocycles. The van der Waals surface area contributed by atoms with Gasteiger partial charge in [-0.3, -0.25) is 4.79 Å². The topological polar surface area (TPSA) is 68.2 Å². The van der Waals surface area contributed by atoms with E-state index in [1.165, 1.54) is 6.07 Å². The third-order valence-electron chi connectivity index (χ3n) is 4.69. The van der Waals surface area contributed by atoms with Crippen LogP contribution in [0.3, 0.4) is 0 Å². The van der Waals surface area contributed by atoms with Crippen LogP contribution in [0.5, 0.6) is 0 Å². The average molecular weight is 364 g/mol. The molecule has 0 bridgehead atoms. The largest absolute Gasteiger partial charge is 0.346 e. The number of hydrogen-bond acceptors (Lipinski definition) is 3. The number of nitrogens with one attached hydrogen (secondary N) is 1. The number of halogens is 1. The molecule has 7 heteroatoms. The summed E-state index contributed by atoms with van der Waals surface area (Å²) in [5.74, 6) is -0.684. The van der Waals surface area contributed by atoms with Crippen LogP contribution in [0.1, 0.15) is 35.1 Å². The second-order valence-electron chi connectivity index (χ2n) is 6.93. The second-order valence-corrected chi connectivity index (χ2v) is 9.11. The van der Waals surface area contributed by atoms with E-state index in [0.29, 0.717) is 23.4 Å². The van der Waals surface area contributed by atoms with Crippen LogP contribution in [-0.2, 0) is 9.84 Å². The number of carbonyl (C=O) groups is 1. The summed E-state index contributed by atoms with van der Waals surface area (Å²) in [6.45, 7) is 5.30. The first-order chi connectivity index (χ1) is 11.6. The molecule has 1 aliphatic rings. The number of benzene rings is 1. The van der Waals surface area contributed by atoms with Crippen molar-refractivity contribution in [3.8, 4) is 5.69 Å². The fraction of sp³-hybridized carbons (Fsp3) is 0.389. The lowest BCUT2D eigenvalue weighted by Crippen LogP contribution is -2.47. The van der Waals surface area contributed by atoms with E-state index >= 15 is 0 Å². The molecule has 134 valence electrons. The van der Waals surface area contributed by atoms with Crippen LogP contribution < -0.4 is 5.32 Å². The Kier molecular flexibility index (Phi) is 4.23. The van der Waals surface area contributed by atoms with Crippen LogP contribution in [-0.4, -0.2) is 35.9 Å². The van der Waals surface area contributed by atoms with Gasteiger partial charge in [-0.15, -0.1) is 0 Å². The van der Waals surface area contributed by atoms with Crippen molar-refractivity contribution in [3.63, 3.8) is 0 Å². The van der Waals surface area contributed by atoms with Crippen molar-refractivity contribution in [1.82, 2.24) is 9.88 Å². The minimum atomic E-state index is -3.11. The lowest BCUT2D eigenvalue weighted by Gasteiger charge is -2.23. The van der Waals surface area contributed by atoms with Crippen molar-refractivity contribution in [3.05, 3.63) is 53.1 Å². The Labute approximate surface area is 146 Å². The van der Waals surface area contributed by atoms with Gasteiger partial charge in [0.1, 0.15) is 5.82 Å². The summed E-state index contributed by atoms with van der Waals surface area (Å²) in [5.41, 5.74) is 1.38. The molecule has 1 saturated heterocycles. The summed E-state index contributed by atoms with van der Waals surface area (Å²) >= 11 is 0. The lowest BCUT2D eigenvalue weighted by molar-refractivity contribution is 0.0914. The van der Waals surface area contributed by atoms with Gasteiger partial charge >= 0.3 is 0 Å². The number of carbonyl (C=O) groups excluding carboxylic acids is 1. The molecule has 3 rings (SSSR count). The molecular weight excluding hydrogens is 343 g/mol. The van der Waals surface area contributed by atoms with E-state index in [-0.39, 0.29) is 23.2 Å². The number of nitrogens with zero attached hydrogens (tertiary/aromatic N) is 1. The van der Waals surface area contributed by atoms with Gasteiger partial charge in [-0.05, 0) is 45.4 Å². The average Bonchev–Trinajstić information content (AvgIpc) is 2.96. The van der Waals surface area contributed by atoms with Gasteiger partial charge in [-0.25, -0.2) is 12.8 Å². The molecule has 0 aliphatic carbocycles. The minimum Gasteiger partial charge on any atom is -0.346 e. The standard InChI is InChI=1S/C18H21FN2O3S/c1-12-10-14(13(2)21(12)16-7-5-4-6-15(16)19)17(22)20-18(3)8-9-25(23,24)11-18/h4-7,10H,8-9,11H2,1-3H3,(H,20,22). The third kappa shape index (κ3) is 3.33. The molecule has 25 heavy (non-hydrogen) atoms. The Balaban J connectivity index is 1.93. The molecule has 5 nitrogen and oxygen atoms in total. The first-order valence-electron chi connectivity index (χ1n) is 8.09. The first-order valence-corrected chi connectivity index (χ1v) is 9.91. The van der Waals surface area contributed by atoms with Crippen LogP contribution in [0, 0.1) is 19.7 Å². The van der Waals surface area contributed by atoms with Gasteiger partial charge in [0.2, 0.25) is 0 Å². The van der Waals surface area contributed by atoms with E-state index in [9.17, 15) is 17.6 Å². The Morgan fingerprint density at radius 1 is 1.28 bits per heavy atom. The molecule has 2 heterocycles. The molecule has 0 radical (unpaired) electrons. The highest BCUT2D eigenvalue weighted by atomic mass is 32.2. The summed E-state index contributed by atoms with van der Waals surface area (Å²) in [5, 5.41) is 2.85. The number of hydrogen-bond donors (Lipinski definition) is 1. The Bertz CT molecular complexity index is 949. The predicted molar refractivity (Wildman–Crippen MR) is 94.3 cm³/mol. The van der Waals surface area contributed by atoms with Gasteiger partial charge in [0.05, 0.1) is 28.3 Å². The van der Waals surface area contributed by atoms with Crippen LogP contribution in [0.15, 0.2) is 30.3 Å².